The molecule has 3 nitrogen and oxygen atoms in total. The average Bonchev–Trinajstić information content (AvgIpc) is 2.35. The van der Waals surface area contributed by atoms with Gasteiger partial charge < -0.3 is 5.73 Å². The normalized spacial score (nSPS) is 10.5. The van der Waals surface area contributed by atoms with Crippen molar-refractivity contribution < 1.29 is 4.39 Å². The zero-order valence-corrected chi connectivity index (χ0v) is 10.2. The van der Waals surface area contributed by atoms with E-state index in [2.05, 4.69) is 9.97 Å². The third kappa shape index (κ3) is 2.74. The van der Waals surface area contributed by atoms with Crippen molar-refractivity contribution in [2.75, 3.05) is 5.73 Å². The quantitative estimate of drug-likeness (QED) is 0.671. The van der Waals surface area contributed by atoms with Crippen molar-refractivity contribution in [2.24, 2.45) is 0 Å². The molecular formula is C12H12FN3S. The maximum atomic E-state index is 13.9. The third-order valence-corrected chi connectivity index (χ3v) is 3.25. The molecule has 5 heteroatoms. The van der Waals surface area contributed by atoms with Gasteiger partial charge in [-0.05, 0) is 30.7 Å². The largest absolute Gasteiger partial charge is 0.399 e. The Morgan fingerprint density at radius 2 is 1.94 bits per heavy atom. The second kappa shape index (κ2) is 5.14. The summed E-state index contributed by atoms with van der Waals surface area (Å²) in [5.74, 6) is -0.336. The molecular weight excluding hydrogens is 237 g/mol. The van der Waals surface area contributed by atoms with Crippen LogP contribution in [0.25, 0.3) is 0 Å². The molecule has 0 atom stereocenters. The van der Waals surface area contributed by atoms with Gasteiger partial charge in [-0.2, -0.15) is 0 Å². The predicted octanol–water partition coefficient (Wildman–Crippen LogP) is 2.91. The zero-order chi connectivity index (χ0) is 12.3. The number of hydrogen-bond donors (Lipinski definition) is 1. The lowest BCUT2D eigenvalue weighted by Gasteiger charge is -2.04. The second-order valence-corrected chi connectivity index (χ2v) is 4.53. The van der Waals surface area contributed by atoms with Crippen LogP contribution in [0.15, 0.2) is 40.5 Å². The van der Waals surface area contributed by atoms with Crippen LogP contribution < -0.4 is 5.73 Å². The van der Waals surface area contributed by atoms with Crippen molar-refractivity contribution in [1.29, 1.82) is 0 Å². The first-order valence-corrected chi connectivity index (χ1v) is 6.05. The summed E-state index contributed by atoms with van der Waals surface area (Å²) in [4.78, 5) is 8.75. The summed E-state index contributed by atoms with van der Waals surface area (Å²) in [5.41, 5.74) is 6.72. The van der Waals surface area contributed by atoms with Crippen LogP contribution in [0.1, 0.15) is 12.6 Å². The van der Waals surface area contributed by atoms with Crippen LogP contribution in [0.3, 0.4) is 0 Å². The minimum Gasteiger partial charge on any atom is -0.399 e. The lowest BCUT2D eigenvalue weighted by molar-refractivity contribution is 0.559. The summed E-state index contributed by atoms with van der Waals surface area (Å²) in [5, 5.41) is 0.349. The van der Waals surface area contributed by atoms with Crippen molar-refractivity contribution in [3.63, 3.8) is 0 Å². The van der Waals surface area contributed by atoms with Gasteiger partial charge in [0.05, 0.1) is 5.69 Å². The van der Waals surface area contributed by atoms with Crippen molar-refractivity contribution in [1.82, 2.24) is 9.97 Å². The smallest absolute Gasteiger partial charge is 0.177 e. The first-order valence-electron chi connectivity index (χ1n) is 5.23. The van der Waals surface area contributed by atoms with Crippen molar-refractivity contribution >= 4 is 17.4 Å². The highest BCUT2D eigenvalue weighted by Gasteiger charge is 2.10. The van der Waals surface area contributed by atoms with Crippen molar-refractivity contribution in [2.45, 2.75) is 23.3 Å². The van der Waals surface area contributed by atoms with E-state index >= 15 is 0 Å². The molecule has 0 radical (unpaired) electrons. The Morgan fingerprint density at radius 1 is 1.24 bits per heavy atom. The minimum atomic E-state index is -0.336. The van der Waals surface area contributed by atoms with Crippen LogP contribution in [-0.4, -0.2) is 9.97 Å². The Balaban J connectivity index is 2.27. The fraction of sp³-hybridized carbons (Fsp3) is 0.167. The van der Waals surface area contributed by atoms with Crippen LogP contribution in [0, 0.1) is 5.82 Å². The number of aromatic nitrogens is 2. The monoisotopic (exact) mass is 249 g/mol. The number of nitrogen functional groups attached to an aromatic ring is 1. The fourth-order valence-electron chi connectivity index (χ4n) is 1.35. The van der Waals surface area contributed by atoms with Crippen LogP contribution in [0.4, 0.5) is 10.1 Å². The second-order valence-electron chi connectivity index (χ2n) is 3.46. The number of halogens is 1. The van der Waals surface area contributed by atoms with Gasteiger partial charge in [0.15, 0.2) is 5.82 Å². The molecule has 0 aliphatic heterocycles. The van der Waals surface area contributed by atoms with Gasteiger partial charge in [-0.1, -0.05) is 18.7 Å². The average molecular weight is 249 g/mol. The number of anilines is 1. The molecule has 0 amide bonds. The van der Waals surface area contributed by atoms with Gasteiger partial charge in [-0.25, -0.2) is 14.4 Å². The summed E-state index contributed by atoms with van der Waals surface area (Å²) in [6, 6.07) is 7.24. The molecule has 0 spiro atoms. The van der Waals surface area contributed by atoms with E-state index in [4.69, 9.17) is 5.73 Å². The molecule has 1 aromatic heterocycles. The van der Waals surface area contributed by atoms with E-state index in [1.54, 1.807) is 12.1 Å². The minimum absolute atomic E-state index is 0.336. The van der Waals surface area contributed by atoms with Gasteiger partial charge >= 0.3 is 0 Å². The Morgan fingerprint density at radius 3 is 2.59 bits per heavy atom. The van der Waals surface area contributed by atoms with Crippen LogP contribution in [0.2, 0.25) is 0 Å². The first-order chi connectivity index (χ1) is 8.20. The highest BCUT2D eigenvalue weighted by atomic mass is 32.2. The van der Waals surface area contributed by atoms with E-state index < -0.39 is 0 Å². The fourth-order valence-corrected chi connectivity index (χ4v) is 2.16. The molecule has 0 aliphatic carbocycles. The number of aryl methyl sites for hydroxylation is 1. The standard InChI is InChI=1S/C12H12FN3S/c1-2-10-11(13)12(16-7-15-10)17-9-5-3-8(14)4-6-9/h3-7H,2,14H2,1H3. The molecule has 0 fully saturated rings. The van der Waals surface area contributed by atoms with Gasteiger partial charge in [0, 0.05) is 10.6 Å². The summed E-state index contributed by atoms with van der Waals surface area (Å²) in [6.07, 6.45) is 1.95. The Hall–Kier alpha value is -1.62. The zero-order valence-electron chi connectivity index (χ0n) is 9.35. The summed E-state index contributed by atoms with van der Waals surface area (Å²) < 4.78 is 13.9. The molecule has 0 saturated heterocycles. The summed E-state index contributed by atoms with van der Waals surface area (Å²) in [7, 11) is 0. The van der Waals surface area contributed by atoms with E-state index in [1.165, 1.54) is 18.1 Å². The Kier molecular flexibility index (Phi) is 3.58. The van der Waals surface area contributed by atoms with Gasteiger partial charge in [-0.3, -0.25) is 0 Å². The van der Waals surface area contributed by atoms with Gasteiger partial charge in [0.25, 0.3) is 0 Å². The lowest BCUT2D eigenvalue weighted by Crippen LogP contribution is -1.97. The number of hydrogen-bond acceptors (Lipinski definition) is 4. The molecule has 1 aromatic carbocycles. The van der Waals surface area contributed by atoms with E-state index in [0.29, 0.717) is 22.8 Å². The topological polar surface area (TPSA) is 51.8 Å². The van der Waals surface area contributed by atoms with Gasteiger partial charge in [0.1, 0.15) is 11.4 Å². The van der Waals surface area contributed by atoms with Crippen molar-refractivity contribution in [3.8, 4) is 0 Å². The van der Waals surface area contributed by atoms with E-state index in [0.717, 1.165) is 4.90 Å². The maximum absolute atomic E-state index is 13.9. The number of nitrogens with two attached hydrogens (primary N) is 1. The van der Waals surface area contributed by atoms with Crippen LogP contribution in [-0.2, 0) is 6.42 Å². The Bertz CT molecular complexity index is 514. The van der Waals surface area contributed by atoms with Crippen LogP contribution in [0.5, 0.6) is 0 Å². The SMILES string of the molecule is CCc1ncnc(Sc2ccc(N)cc2)c1F. The molecule has 2 rings (SSSR count). The molecule has 88 valence electrons. The van der Waals surface area contributed by atoms with Gasteiger partial charge in [-0.15, -0.1) is 0 Å². The van der Waals surface area contributed by atoms with E-state index in [9.17, 15) is 4.39 Å². The maximum Gasteiger partial charge on any atom is 0.177 e. The van der Waals surface area contributed by atoms with E-state index in [1.807, 2.05) is 19.1 Å². The highest BCUT2D eigenvalue weighted by Crippen LogP contribution is 2.29. The molecule has 1 heterocycles. The van der Waals surface area contributed by atoms with Gasteiger partial charge in [0.2, 0.25) is 0 Å². The molecule has 0 bridgehead atoms. The number of rotatable bonds is 3. The predicted molar refractivity (Wildman–Crippen MR) is 66.3 cm³/mol. The molecule has 2 aromatic rings. The molecule has 0 aliphatic rings. The third-order valence-electron chi connectivity index (χ3n) is 2.26. The summed E-state index contributed by atoms with van der Waals surface area (Å²) >= 11 is 1.27. The summed E-state index contributed by atoms with van der Waals surface area (Å²) in [6.45, 7) is 1.86. The molecule has 2 N–H and O–H groups in total. The number of nitrogens with zero attached hydrogens (tertiary/aromatic N) is 2. The van der Waals surface area contributed by atoms with E-state index in [-0.39, 0.29) is 5.82 Å². The number of benzene rings is 1. The first kappa shape index (κ1) is 11.9. The molecule has 17 heavy (non-hydrogen) atoms. The van der Waals surface area contributed by atoms with Crippen molar-refractivity contribution in [3.05, 3.63) is 42.1 Å². The molecule has 0 saturated carbocycles. The highest BCUT2D eigenvalue weighted by molar-refractivity contribution is 7.99. The molecule has 0 unspecified atom stereocenters. The van der Waals surface area contributed by atoms with Crippen LogP contribution >= 0.6 is 11.8 Å². The lowest BCUT2D eigenvalue weighted by atomic mass is 10.3. The Labute approximate surface area is 103 Å².